The third-order valence-corrected chi connectivity index (χ3v) is 3.18. The van der Waals surface area contributed by atoms with Crippen LogP contribution in [0.2, 0.25) is 5.02 Å². The van der Waals surface area contributed by atoms with Crippen LogP contribution in [-0.4, -0.2) is 20.9 Å². The van der Waals surface area contributed by atoms with Gasteiger partial charge in [-0.25, -0.2) is 9.48 Å². The van der Waals surface area contributed by atoms with Crippen molar-refractivity contribution < 1.29 is 14.6 Å². The largest absolute Gasteiger partial charge is 0.476 e. The van der Waals surface area contributed by atoms with Gasteiger partial charge < -0.3 is 9.84 Å². The van der Waals surface area contributed by atoms with E-state index in [4.69, 9.17) is 21.4 Å². The Bertz CT molecular complexity index is 627. The van der Waals surface area contributed by atoms with Gasteiger partial charge in [-0.15, -0.1) is 0 Å². The van der Waals surface area contributed by atoms with E-state index in [0.717, 1.165) is 10.0 Å². The SMILES string of the molecule is Cc1cc(Br)ccc1OCn1cc(Cl)c(C(=O)O)n1. The van der Waals surface area contributed by atoms with Gasteiger partial charge in [0.05, 0.1) is 5.02 Å². The number of halogens is 2. The highest BCUT2D eigenvalue weighted by atomic mass is 79.9. The molecule has 0 saturated heterocycles. The van der Waals surface area contributed by atoms with Crippen LogP contribution in [0.25, 0.3) is 0 Å². The van der Waals surface area contributed by atoms with E-state index in [2.05, 4.69) is 21.0 Å². The lowest BCUT2D eigenvalue weighted by Gasteiger charge is -2.09. The van der Waals surface area contributed by atoms with E-state index in [-0.39, 0.29) is 17.4 Å². The summed E-state index contributed by atoms with van der Waals surface area (Å²) in [6.45, 7) is 2.01. The van der Waals surface area contributed by atoms with Crippen molar-refractivity contribution in [3.63, 3.8) is 0 Å². The van der Waals surface area contributed by atoms with E-state index in [9.17, 15) is 4.79 Å². The number of aromatic nitrogens is 2. The predicted molar refractivity (Wildman–Crippen MR) is 73.7 cm³/mol. The first-order chi connectivity index (χ1) is 8.97. The number of benzene rings is 1. The summed E-state index contributed by atoms with van der Waals surface area (Å²) in [6.07, 6.45) is 1.42. The van der Waals surface area contributed by atoms with Gasteiger partial charge >= 0.3 is 5.97 Å². The van der Waals surface area contributed by atoms with E-state index < -0.39 is 5.97 Å². The fourth-order valence-corrected chi connectivity index (χ4v) is 2.23. The van der Waals surface area contributed by atoms with E-state index in [1.54, 1.807) is 0 Å². The quantitative estimate of drug-likeness (QED) is 0.923. The Balaban J connectivity index is 2.10. The molecule has 0 spiro atoms. The van der Waals surface area contributed by atoms with Crippen molar-refractivity contribution >= 4 is 33.5 Å². The minimum Gasteiger partial charge on any atom is -0.476 e. The van der Waals surface area contributed by atoms with Crippen molar-refractivity contribution in [2.24, 2.45) is 0 Å². The second-order valence-electron chi connectivity index (χ2n) is 3.85. The number of carboxylic acids is 1. The van der Waals surface area contributed by atoms with Crippen LogP contribution in [0.5, 0.6) is 5.75 Å². The summed E-state index contributed by atoms with van der Waals surface area (Å²) < 4.78 is 7.86. The normalized spacial score (nSPS) is 10.5. The minimum atomic E-state index is -1.16. The fraction of sp³-hybridized carbons (Fsp3) is 0.167. The molecule has 0 fully saturated rings. The van der Waals surface area contributed by atoms with Gasteiger partial charge in [0, 0.05) is 10.7 Å². The Morgan fingerprint density at radius 1 is 1.58 bits per heavy atom. The number of nitrogens with zero attached hydrogens (tertiary/aromatic N) is 2. The molecule has 0 radical (unpaired) electrons. The highest BCUT2D eigenvalue weighted by Crippen LogP contribution is 2.22. The van der Waals surface area contributed by atoms with Crippen LogP contribution in [0.1, 0.15) is 16.1 Å². The number of carbonyl (C=O) groups is 1. The van der Waals surface area contributed by atoms with Gasteiger partial charge in [0.2, 0.25) is 0 Å². The molecule has 19 heavy (non-hydrogen) atoms. The summed E-state index contributed by atoms with van der Waals surface area (Å²) >= 11 is 9.11. The van der Waals surface area contributed by atoms with Gasteiger partial charge in [-0.3, -0.25) is 0 Å². The number of aryl methyl sites for hydroxylation is 1. The van der Waals surface area contributed by atoms with Crippen molar-refractivity contribution in [3.8, 4) is 5.75 Å². The molecule has 7 heteroatoms. The molecular formula is C12H10BrClN2O3. The van der Waals surface area contributed by atoms with Crippen LogP contribution in [0.4, 0.5) is 0 Å². The van der Waals surface area contributed by atoms with Crippen molar-refractivity contribution in [1.29, 1.82) is 0 Å². The monoisotopic (exact) mass is 344 g/mol. The highest BCUT2D eigenvalue weighted by Gasteiger charge is 2.14. The van der Waals surface area contributed by atoms with Gasteiger partial charge in [-0.05, 0) is 30.7 Å². The lowest BCUT2D eigenvalue weighted by molar-refractivity contribution is 0.0688. The molecule has 100 valence electrons. The average Bonchev–Trinajstić information content (AvgIpc) is 2.69. The topological polar surface area (TPSA) is 64.3 Å². The van der Waals surface area contributed by atoms with Crippen molar-refractivity contribution in [2.45, 2.75) is 13.7 Å². The molecule has 1 heterocycles. The summed E-state index contributed by atoms with van der Waals surface area (Å²) in [4.78, 5) is 10.8. The molecule has 0 aliphatic rings. The number of carboxylic acid groups (broad SMARTS) is 1. The first-order valence-corrected chi connectivity index (χ1v) is 6.49. The summed E-state index contributed by atoms with van der Waals surface area (Å²) in [5.74, 6) is -0.463. The molecule has 0 aliphatic heterocycles. The number of ether oxygens (including phenoxy) is 1. The van der Waals surface area contributed by atoms with E-state index in [1.165, 1.54) is 10.9 Å². The molecule has 0 atom stereocenters. The van der Waals surface area contributed by atoms with Crippen LogP contribution < -0.4 is 4.74 Å². The van der Waals surface area contributed by atoms with Crippen molar-refractivity contribution in [1.82, 2.24) is 9.78 Å². The van der Waals surface area contributed by atoms with Gasteiger partial charge in [-0.1, -0.05) is 27.5 Å². The molecule has 0 aliphatic carbocycles. The van der Waals surface area contributed by atoms with Crippen molar-refractivity contribution in [2.75, 3.05) is 0 Å². The van der Waals surface area contributed by atoms with E-state index in [1.807, 2.05) is 25.1 Å². The third kappa shape index (κ3) is 3.27. The van der Waals surface area contributed by atoms with E-state index >= 15 is 0 Å². The zero-order valence-electron chi connectivity index (χ0n) is 9.93. The predicted octanol–water partition coefficient (Wildman–Crippen LogP) is 3.34. The zero-order chi connectivity index (χ0) is 14.0. The molecule has 2 rings (SSSR count). The molecule has 0 bridgehead atoms. The summed E-state index contributed by atoms with van der Waals surface area (Å²) in [7, 11) is 0. The highest BCUT2D eigenvalue weighted by molar-refractivity contribution is 9.10. The Hall–Kier alpha value is -1.53. The summed E-state index contributed by atoms with van der Waals surface area (Å²) in [5.41, 5.74) is 0.781. The van der Waals surface area contributed by atoms with Crippen LogP contribution >= 0.6 is 27.5 Å². The first kappa shape index (κ1) is 13.9. The zero-order valence-corrected chi connectivity index (χ0v) is 12.3. The maximum atomic E-state index is 10.8. The lowest BCUT2D eigenvalue weighted by atomic mass is 10.2. The summed E-state index contributed by atoms with van der Waals surface area (Å²) in [6, 6.07) is 5.61. The van der Waals surface area contributed by atoms with Gasteiger partial charge in [0.1, 0.15) is 5.75 Å². The van der Waals surface area contributed by atoms with Gasteiger partial charge in [0.15, 0.2) is 12.4 Å². The Kier molecular flexibility index (Phi) is 4.11. The Labute approximate surface area is 122 Å². The minimum absolute atomic E-state index is 0.0867. The van der Waals surface area contributed by atoms with E-state index in [0.29, 0.717) is 5.75 Å². The number of aromatic carboxylic acids is 1. The Morgan fingerprint density at radius 2 is 2.32 bits per heavy atom. The molecule has 5 nitrogen and oxygen atoms in total. The molecule has 0 amide bonds. The molecule has 1 aromatic carbocycles. The molecule has 0 saturated carbocycles. The average molecular weight is 346 g/mol. The van der Waals surface area contributed by atoms with Crippen LogP contribution in [0.3, 0.4) is 0 Å². The smallest absolute Gasteiger partial charge is 0.357 e. The van der Waals surface area contributed by atoms with Crippen LogP contribution in [-0.2, 0) is 6.73 Å². The van der Waals surface area contributed by atoms with Crippen LogP contribution in [0, 0.1) is 6.92 Å². The van der Waals surface area contributed by atoms with Crippen LogP contribution in [0.15, 0.2) is 28.9 Å². The molecular weight excluding hydrogens is 336 g/mol. The summed E-state index contributed by atoms with van der Waals surface area (Å²) in [5, 5.41) is 12.7. The fourth-order valence-electron chi connectivity index (χ4n) is 1.52. The number of hydrogen-bond donors (Lipinski definition) is 1. The molecule has 1 N–H and O–H groups in total. The second-order valence-corrected chi connectivity index (χ2v) is 5.18. The molecule has 0 unspecified atom stereocenters. The number of rotatable bonds is 4. The number of hydrogen-bond acceptors (Lipinski definition) is 3. The van der Waals surface area contributed by atoms with Gasteiger partial charge in [0.25, 0.3) is 0 Å². The third-order valence-electron chi connectivity index (χ3n) is 2.41. The van der Waals surface area contributed by atoms with Gasteiger partial charge in [-0.2, -0.15) is 5.10 Å². The maximum absolute atomic E-state index is 10.8. The molecule has 1 aromatic heterocycles. The standard InChI is InChI=1S/C12H10BrClN2O3/c1-7-4-8(13)2-3-10(7)19-6-16-5-9(14)11(15-16)12(17)18/h2-5H,6H2,1H3,(H,17,18). The lowest BCUT2D eigenvalue weighted by Crippen LogP contribution is -2.08. The Morgan fingerprint density at radius 3 is 2.89 bits per heavy atom. The van der Waals surface area contributed by atoms with Crippen molar-refractivity contribution in [3.05, 3.63) is 45.1 Å². The first-order valence-electron chi connectivity index (χ1n) is 5.32. The second kappa shape index (κ2) is 5.63. The maximum Gasteiger partial charge on any atom is 0.357 e. The molecule has 2 aromatic rings.